The fourth-order valence-corrected chi connectivity index (χ4v) is 3.73. The number of aromatic nitrogens is 1. The summed E-state index contributed by atoms with van der Waals surface area (Å²) in [7, 11) is 0. The number of carbonyl (C=O) groups is 1. The summed E-state index contributed by atoms with van der Waals surface area (Å²) in [6.45, 7) is 1.18. The molecule has 0 unspecified atom stereocenters. The number of likely N-dealkylation sites (tertiary alicyclic amines) is 1. The lowest BCUT2D eigenvalue weighted by Crippen LogP contribution is -2.31. The zero-order chi connectivity index (χ0) is 22.0. The molecule has 0 spiro atoms. The maximum absolute atomic E-state index is 14.0. The fourth-order valence-electron chi connectivity index (χ4n) is 3.51. The first-order chi connectivity index (χ1) is 14.9. The molecule has 2 heterocycles. The second-order valence-electron chi connectivity index (χ2n) is 7.47. The summed E-state index contributed by atoms with van der Waals surface area (Å²) in [6.07, 6.45) is 2.44. The molecule has 0 bridgehead atoms. The number of benzene rings is 2. The molecule has 4 rings (SSSR count). The standard InChI is InChI=1S/C23H22ClFN4O2/c24-19-2-1-3-20(25)18(19)13-31-21-10-16(11-28-22(21)27)14-4-6-15(7-5-14)23(30)29-9-8-17(26)12-29/h1-7,10-11,17H,8-9,12-13,26H2,(H2,27,28)/t17-/m0/s1. The summed E-state index contributed by atoms with van der Waals surface area (Å²) in [6, 6.07) is 13.5. The van der Waals surface area contributed by atoms with Crippen molar-refractivity contribution in [2.45, 2.75) is 19.1 Å². The minimum atomic E-state index is -0.450. The van der Waals surface area contributed by atoms with Gasteiger partial charge in [0.05, 0.1) is 5.02 Å². The van der Waals surface area contributed by atoms with Crippen molar-refractivity contribution >= 4 is 23.3 Å². The first-order valence-corrected chi connectivity index (χ1v) is 10.3. The molecule has 1 aliphatic heterocycles. The smallest absolute Gasteiger partial charge is 0.253 e. The number of hydrogen-bond acceptors (Lipinski definition) is 5. The van der Waals surface area contributed by atoms with Crippen LogP contribution in [0.4, 0.5) is 10.2 Å². The molecule has 1 atom stereocenters. The number of pyridine rings is 1. The molecular weight excluding hydrogens is 419 g/mol. The van der Waals surface area contributed by atoms with Gasteiger partial charge in [0.1, 0.15) is 12.4 Å². The van der Waals surface area contributed by atoms with Crippen LogP contribution in [-0.4, -0.2) is 34.9 Å². The maximum Gasteiger partial charge on any atom is 0.253 e. The average Bonchev–Trinajstić information content (AvgIpc) is 3.20. The van der Waals surface area contributed by atoms with Gasteiger partial charge in [-0.05, 0) is 42.3 Å². The Kier molecular flexibility index (Phi) is 6.06. The van der Waals surface area contributed by atoms with E-state index in [0.717, 1.165) is 17.5 Å². The van der Waals surface area contributed by atoms with E-state index < -0.39 is 5.82 Å². The molecule has 2 aromatic carbocycles. The number of rotatable bonds is 5. The number of carbonyl (C=O) groups excluding carboxylic acids is 1. The van der Waals surface area contributed by atoms with E-state index in [1.165, 1.54) is 12.1 Å². The third-order valence-corrected chi connectivity index (χ3v) is 5.65. The van der Waals surface area contributed by atoms with Crippen LogP contribution < -0.4 is 16.2 Å². The van der Waals surface area contributed by atoms with Crippen LogP contribution in [0.2, 0.25) is 5.02 Å². The number of ether oxygens (including phenoxy) is 1. The molecule has 8 heteroatoms. The van der Waals surface area contributed by atoms with E-state index in [0.29, 0.717) is 24.4 Å². The lowest BCUT2D eigenvalue weighted by molar-refractivity contribution is 0.0791. The monoisotopic (exact) mass is 440 g/mol. The molecule has 1 amide bonds. The molecule has 160 valence electrons. The Balaban J connectivity index is 1.50. The Morgan fingerprint density at radius 1 is 1.23 bits per heavy atom. The van der Waals surface area contributed by atoms with E-state index in [2.05, 4.69) is 4.98 Å². The highest BCUT2D eigenvalue weighted by atomic mass is 35.5. The highest BCUT2D eigenvalue weighted by Crippen LogP contribution is 2.29. The largest absolute Gasteiger partial charge is 0.485 e. The average molecular weight is 441 g/mol. The van der Waals surface area contributed by atoms with E-state index in [1.807, 2.05) is 12.1 Å². The van der Waals surface area contributed by atoms with Crippen LogP contribution in [0.15, 0.2) is 54.7 Å². The van der Waals surface area contributed by atoms with E-state index in [-0.39, 0.29) is 35.0 Å². The fraction of sp³-hybridized carbons (Fsp3) is 0.217. The molecule has 0 aliphatic carbocycles. The van der Waals surface area contributed by atoms with Crippen molar-refractivity contribution in [3.8, 4) is 16.9 Å². The van der Waals surface area contributed by atoms with Crippen LogP contribution in [0, 0.1) is 5.82 Å². The number of anilines is 1. The van der Waals surface area contributed by atoms with Crippen molar-refractivity contribution in [2.24, 2.45) is 5.73 Å². The molecule has 3 aromatic rings. The molecule has 4 N–H and O–H groups in total. The number of nitrogens with two attached hydrogens (primary N) is 2. The van der Waals surface area contributed by atoms with Crippen molar-refractivity contribution < 1.29 is 13.9 Å². The zero-order valence-corrected chi connectivity index (χ0v) is 17.5. The van der Waals surface area contributed by atoms with Gasteiger partial charge in [-0.2, -0.15) is 0 Å². The van der Waals surface area contributed by atoms with Gasteiger partial charge in [-0.1, -0.05) is 29.8 Å². The lowest BCUT2D eigenvalue weighted by atomic mass is 10.0. The normalized spacial score (nSPS) is 15.8. The number of hydrogen-bond donors (Lipinski definition) is 2. The Morgan fingerprint density at radius 2 is 2.00 bits per heavy atom. The van der Waals surface area contributed by atoms with Crippen molar-refractivity contribution in [3.05, 3.63) is 76.7 Å². The Labute approximate surface area is 184 Å². The topological polar surface area (TPSA) is 94.5 Å². The molecule has 31 heavy (non-hydrogen) atoms. The first-order valence-electron chi connectivity index (χ1n) is 9.89. The third-order valence-electron chi connectivity index (χ3n) is 5.29. The van der Waals surface area contributed by atoms with E-state index in [1.54, 1.807) is 35.4 Å². The van der Waals surface area contributed by atoms with E-state index >= 15 is 0 Å². The quantitative estimate of drug-likeness (QED) is 0.628. The molecular formula is C23H22ClFN4O2. The Hall–Kier alpha value is -3.16. The van der Waals surface area contributed by atoms with Crippen LogP contribution in [-0.2, 0) is 6.61 Å². The highest BCUT2D eigenvalue weighted by molar-refractivity contribution is 6.31. The van der Waals surface area contributed by atoms with E-state index in [9.17, 15) is 9.18 Å². The van der Waals surface area contributed by atoms with Gasteiger partial charge in [0, 0.05) is 42.0 Å². The Morgan fingerprint density at radius 3 is 2.68 bits per heavy atom. The van der Waals surface area contributed by atoms with Crippen LogP contribution in [0.25, 0.3) is 11.1 Å². The van der Waals surface area contributed by atoms with Gasteiger partial charge in [-0.25, -0.2) is 9.37 Å². The van der Waals surface area contributed by atoms with Gasteiger partial charge in [-0.15, -0.1) is 0 Å². The predicted molar refractivity (Wildman–Crippen MR) is 118 cm³/mol. The van der Waals surface area contributed by atoms with Gasteiger partial charge in [0.2, 0.25) is 0 Å². The van der Waals surface area contributed by atoms with Crippen LogP contribution in [0.1, 0.15) is 22.3 Å². The van der Waals surface area contributed by atoms with Gasteiger partial charge >= 0.3 is 0 Å². The van der Waals surface area contributed by atoms with E-state index in [4.69, 9.17) is 27.8 Å². The number of nitrogen functional groups attached to an aromatic ring is 1. The first kappa shape index (κ1) is 21.1. The van der Waals surface area contributed by atoms with Gasteiger partial charge in [-0.3, -0.25) is 4.79 Å². The second-order valence-corrected chi connectivity index (χ2v) is 7.88. The van der Waals surface area contributed by atoms with Crippen LogP contribution in [0.5, 0.6) is 5.75 Å². The molecule has 6 nitrogen and oxygen atoms in total. The second kappa shape index (κ2) is 8.91. The highest BCUT2D eigenvalue weighted by Gasteiger charge is 2.24. The third kappa shape index (κ3) is 4.62. The Bertz CT molecular complexity index is 1090. The molecule has 1 fully saturated rings. The van der Waals surface area contributed by atoms with Gasteiger partial charge < -0.3 is 21.1 Å². The maximum atomic E-state index is 14.0. The summed E-state index contributed by atoms with van der Waals surface area (Å²) in [5.74, 6) is 0.0338. The molecule has 0 radical (unpaired) electrons. The predicted octanol–water partition coefficient (Wildman–Crippen LogP) is 3.88. The molecule has 1 aliphatic rings. The summed E-state index contributed by atoms with van der Waals surface area (Å²) in [5.41, 5.74) is 14.3. The van der Waals surface area contributed by atoms with Gasteiger partial charge in [0.25, 0.3) is 5.91 Å². The van der Waals surface area contributed by atoms with Crippen LogP contribution >= 0.6 is 11.6 Å². The number of amides is 1. The summed E-state index contributed by atoms with van der Waals surface area (Å²) >= 11 is 6.05. The summed E-state index contributed by atoms with van der Waals surface area (Å²) in [4.78, 5) is 18.5. The summed E-state index contributed by atoms with van der Waals surface area (Å²) < 4.78 is 19.7. The summed E-state index contributed by atoms with van der Waals surface area (Å²) in [5, 5.41) is 0.280. The van der Waals surface area contributed by atoms with Gasteiger partial charge in [0.15, 0.2) is 11.6 Å². The van der Waals surface area contributed by atoms with Crippen molar-refractivity contribution in [1.29, 1.82) is 0 Å². The number of nitrogens with zero attached hydrogens (tertiary/aromatic N) is 2. The molecule has 1 saturated heterocycles. The van der Waals surface area contributed by atoms with Crippen molar-refractivity contribution in [1.82, 2.24) is 9.88 Å². The van der Waals surface area contributed by atoms with Crippen molar-refractivity contribution in [3.63, 3.8) is 0 Å². The zero-order valence-electron chi connectivity index (χ0n) is 16.7. The minimum Gasteiger partial charge on any atom is -0.485 e. The number of halogens is 2. The SMILES string of the molecule is Nc1ncc(-c2ccc(C(=O)N3CC[C@H](N)C3)cc2)cc1OCc1c(F)cccc1Cl. The molecule has 0 saturated carbocycles. The minimum absolute atomic E-state index is 0.0271. The lowest BCUT2D eigenvalue weighted by Gasteiger charge is -2.16. The van der Waals surface area contributed by atoms with Crippen molar-refractivity contribution in [2.75, 3.05) is 18.8 Å². The molecule has 1 aromatic heterocycles. The van der Waals surface area contributed by atoms with Crippen LogP contribution in [0.3, 0.4) is 0 Å².